The Morgan fingerprint density at radius 2 is 1.67 bits per heavy atom. The Labute approximate surface area is 204 Å². The van der Waals surface area contributed by atoms with Gasteiger partial charge in [0.1, 0.15) is 17.2 Å². The molecule has 0 N–H and O–H groups in total. The number of anilines is 1. The normalized spacial score (nSPS) is 14.8. The van der Waals surface area contributed by atoms with Crippen LogP contribution in [-0.2, 0) is 4.74 Å². The first-order valence-corrected chi connectivity index (χ1v) is 11.5. The Hall–Kier alpha value is -4.33. The van der Waals surface area contributed by atoms with Crippen LogP contribution in [0.3, 0.4) is 0 Å². The average Bonchev–Trinajstić information content (AvgIpc) is 3.17. The number of carbonyl (C=O) groups is 2. The van der Waals surface area contributed by atoms with E-state index in [4.69, 9.17) is 9.15 Å². The Bertz CT molecular complexity index is 1530. The van der Waals surface area contributed by atoms with Gasteiger partial charge in [-0.1, -0.05) is 25.5 Å². The van der Waals surface area contributed by atoms with E-state index in [9.17, 15) is 23.2 Å². The first-order valence-electron chi connectivity index (χ1n) is 11.5. The van der Waals surface area contributed by atoms with Gasteiger partial charge in [0.25, 0.3) is 5.91 Å². The highest BCUT2D eigenvalue weighted by molar-refractivity contribution is 6.10. The van der Waals surface area contributed by atoms with E-state index >= 15 is 0 Å². The molecule has 0 aliphatic carbocycles. The van der Waals surface area contributed by atoms with E-state index in [0.29, 0.717) is 23.4 Å². The summed E-state index contributed by atoms with van der Waals surface area (Å²) in [4.78, 5) is 40.7. The summed E-state index contributed by atoms with van der Waals surface area (Å²) in [5.41, 5.74) is 0.737. The quantitative estimate of drug-likeness (QED) is 0.254. The fourth-order valence-corrected chi connectivity index (χ4v) is 4.32. The van der Waals surface area contributed by atoms with Gasteiger partial charge in [-0.25, -0.2) is 13.6 Å². The van der Waals surface area contributed by atoms with Crippen molar-refractivity contribution in [1.82, 2.24) is 0 Å². The molecule has 4 aromatic rings. The molecule has 1 aliphatic rings. The van der Waals surface area contributed by atoms with Crippen LogP contribution in [0.25, 0.3) is 11.0 Å². The minimum atomic E-state index is -0.945. The molecule has 1 aliphatic heterocycles. The second-order valence-electron chi connectivity index (χ2n) is 8.48. The lowest BCUT2D eigenvalue weighted by Crippen LogP contribution is -2.29. The molecular weight excluding hydrogens is 468 g/mol. The Morgan fingerprint density at radius 1 is 0.972 bits per heavy atom. The molecule has 3 aromatic carbocycles. The van der Waals surface area contributed by atoms with Crippen molar-refractivity contribution in [3.05, 3.63) is 111 Å². The highest BCUT2D eigenvalue weighted by Gasteiger charge is 2.43. The van der Waals surface area contributed by atoms with E-state index in [-0.39, 0.29) is 22.3 Å². The standard InChI is InChI=1S/C28H21F2NO5/c1-2-3-14-35-28(34)17-6-11-20(12-7-17)31-24(16-4-8-18(29)9-5-16)23-25(32)21-15-19(30)10-13-22(21)36-26(23)27(31)33/h4-13,15,24H,2-3,14H2,1H3. The maximum absolute atomic E-state index is 13.9. The number of unbranched alkanes of at least 4 members (excludes halogenated alkanes) is 1. The van der Waals surface area contributed by atoms with E-state index in [1.807, 2.05) is 6.92 Å². The van der Waals surface area contributed by atoms with E-state index < -0.39 is 35.0 Å². The van der Waals surface area contributed by atoms with Crippen LogP contribution in [0.2, 0.25) is 0 Å². The molecule has 1 aromatic heterocycles. The fourth-order valence-electron chi connectivity index (χ4n) is 4.32. The summed E-state index contributed by atoms with van der Waals surface area (Å²) in [6.07, 6.45) is 1.64. The largest absolute Gasteiger partial charge is 0.462 e. The third kappa shape index (κ3) is 4.04. The molecule has 0 bridgehead atoms. The summed E-state index contributed by atoms with van der Waals surface area (Å²) in [5, 5.41) is 0.000634. The van der Waals surface area contributed by atoms with Crippen LogP contribution >= 0.6 is 0 Å². The summed E-state index contributed by atoms with van der Waals surface area (Å²) in [5.74, 6) is -2.33. The zero-order valence-electron chi connectivity index (χ0n) is 19.3. The van der Waals surface area contributed by atoms with Crippen molar-refractivity contribution in [2.24, 2.45) is 0 Å². The number of ether oxygens (including phenoxy) is 1. The summed E-state index contributed by atoms with van der Waals surface area (Å²) in [7, 11) is 0. The van der Waals surface area contributed by atoms with Crippen molar-refractivity contribution in [2.75, 3.05) is 11.5 Å². The third-order valence-corrected chi connectivity index (χ3v) is 6.13. The molecule has 1 unspecified atom stereocenters. The number of nitrogens with zero attached hydrogens (tertiary/aromatic N) is 1. The van der Waals surface area contributed by atoms with Gasteiger partial charge in [-0.05, 0) is 66.6 Å². The molecule has 36 heavy (non-hydrogen) atoms. The van der Waals surface area contributed by atoms with E-state index in [1.54, 1.807) is 12.1 Å². The monoisotopic (exact) mass is 489 g/mol. The predicted molar refractivity (Wildman–Crippen MR) is 129 cm³/mol. The predicted octanol–water partition coefficient (Wildman–Crippen LogP) is 5.78. The summed E-state index contributed by atoms with van der Waals surface area (Å²) < 4.78 is 38.6. The summed E-state index contributed by atoms with van der Waals surface area (Å²) in [6, 6.07) is 14.2. The minimum Gasteiger partial charge on any atom is -0.462 e. The van der Waals surface area contributed by atoms with Gasteiger partial charge in [-0.2, -0.15) is 0 Å². The lowest BCUT2D eigenvalue weighted by atomic mass is 9.98. The molecule has 0 spiro atoms. The van der Waals surface area contributed by atoms with Crippen LogP contribution in [-0.4, -0.2) is 18.5 Å². The zero-order valence-corrected chi connectivity index (χ0v) is 19.3. The zero-order chi connectivity index (χ0) is 25.4. The maximum Gasteiger partial charge on any atom is 0.338 e. The smallest absolute Gasteiger partial charge is 0.338 e. The maximum atomic E-state index is 13.9. The third-order valence-electron chi connectivity index (χ3n) is 6.13. The fraction of sp³-hybridized carbons (Fsp3) is 0.179. The van der Waals surface area contributed by atoms with E-state index in [1.165, 1.54) is 47.4 Å². The highest BCUT2D eigenvalue weighted by Crippen LogP contribution is 2.41. The molecule has 0 radical (unpaired) electrons. The molecule has 8 heteroatoms. The highest BCUT2D eigenvalue weighted by atomic mass is 19.1. The number of carbonyl (C=O) groups excluding carboxylic acids is 2. The van der Waals surface area contributed by atoms with Gasteiger partial charge in [0, 0.05) is 5.69 Å². The molecule has 1 amide bonds. The van der Waals surface area contributed by atoms with Crippen LogP contribution in [0.15, 0.2) is 75.9 Å². The van der Waals surface area contributed by atoms with Gasteiger partial charge in [0.2, 0.25) is 5.76 Å². The summed E-state index contributed by atoms with van der Waals surface area (Å²) >= 11 is 0. The molecule has 0 saturated heterocycles. The molecule has 2 heterocycles. The van der Waals surface area contributed by atoms with Crippen molar-refractivity contribution in [3.63, 3.8) is 0 Å². The van der Waals surface area contributed by atoms with Crippen LogP contribution < -0.4 is 10.3 Å². The Balaban J connectivity index is 1.62. The number of fused-ring (bicyclic) bond motifs is 2. The second kappa shape index (κ2) is 9.37. The van der Waals surface area contributed by atoms with Gasteiger partial charge in [-0.3, -0.25) is 14.5 Å². The van der Waals surface area contributed by atoms with Gasteiger partial charge in [0.15, 0.2) is 5.43 Å². The number of rotatable bonds is 6. The van der Waals surface area contributed by atoms with Crippen molar-refractivity contribution >= 4 is 28.5 Å². The molecule has 5 rings (SSSR count). The molecule has 1 atom stereocenters. The van der Waals surface area contributed by atoms with Crippen LogP contribution in [0.5, 0.6) is 0 Å². The first-order chi connectivity index (χ1) is 17.4. The first kappa shape index (κ1) is 23.4. The van der Waals surface area contributed by atoms with Gasteiger partial charge in [-0.15, -0.1) is 0 Å². The van der Waals surface area contributed by atoms with Crippen molar-refractivity contribution in [3.8, 4) is 0 Å². The van der Waals surface area contributed by atoms with E-state index in [2.05, 4.69) is 0 Å². The molecule has 0 fully saturated rings. The Kier molecular flexibility index (Phi) is 6.10. The van der Waals surface area contributed by atoms with Crippen molar-refractivity contribution < 1.29 is 27.5 Å². The van der Waals surface area contributed by atoms with Crippen LogP contribution in [0.1, 0.15) is 57.8 Å². The number of hydrogen-bond donors (Lipinski definition) is 0. The SMILES string of the molecule is CCCCOC(=O)c1ccc(N2C(=O)c3oc4ccc(F)cc4c(=O)c3C2c2ccc(F)cc2)cc1. The second-order valence-corrected chi connectivity index (χ2v) is 8.48. The topological polar surface area (TPSA) is 76.8 Å². The van der Waals surface area contributed by atoms with Crippen molar-refractivity contribution in [1.29, 1.82) is 0 Å². The summed E-state index contributed by atoms with van der Waals surface area (Å²) in [6.45, 7) is 2.30. The number of esters is 1. The van der Waals surface area contributed by atoms with E-state index in [0.717, 1.165) is 25.0 Å². The number of amides is 1. The lowest BCUT2D eigenvalue weighted by Gasteiger charge is -2.25. The Morgan fingerprint density at radius 3 is 2.36 bits per heavy atom. The van der Waals surface area contributed by atoms with Crippen LogP contribution in [0.4, 0.5) is 14.5 Å². The molecule has 6 nitrogen and oxygen atoms in total. The minimum absolute atomic E-state index is 0.000634. The number of benzene rings is 3. The molecule has 0 saturated carbocycles. The average molecular weight is 489 g/mol. The van der Waals surface area contributed by atoms with Crippen molar-refractivity contribution in [2.45, 2.75) is 25.8 Å². The van der Waals surface area contributed by atoms with Crippen LogP contribution in [0, 0.1) is 11.6 Å². The van der Waals surface area contributed by atoms with Gasteiger partial charge in [0.05, 0.1) is 29.2 Å². The number of halogens is 2. The number of hydrogen-bond acceptors (Lipinski definition) is 5. The van der Waals surface area contributed by atoms with Gasteiger partial charge < -0.3 is 9.15 Å². The lowest BCUT2D eigenvalue weighted by molar-refractivity contribution is 0.0499. The van der Waals surface area contributed by atoms with Gasteiger partial charge >= 0.3 is 5.97 Å². The molecular formula is C28H21F2NO5. The molecule has 182 valence electrons.